The third kappa shape index (κ3) is 3.52. The Balaban J connectivity index is 1.32. The molecule has 2 saturated heterocycles. The molecule has 1 aromatic carbocycles. The molecule has 2 aromatic rings. The maximum atomic E-state index is 13.2. The molecule has 2 fully saturated rings. The molecule has 10 heteroatoms. The second-order valence-electron chi connectivity index (χ2n) is 8.13. The van der Waals surface area contributed by atoms with Gasteiger partial charge in [-0.25, -0.2) is 0 Å². The van der Waals surface area contributed by atoms with Gasteiger partial charge in [0.2, 0.25) is 11.8 Å². The average molecular weight is 434 g/mol. The van der Waals surface area contributed by atoms with Gasteiger partial charge in [-0.15, -0.1) is 5.10 Å². The molecule has 3 aliphatic heterocycles. The minimum atomic E-state index is -0.955. The van der Waals surface area contributed by atoms with Gasteiger partial charge in [-0.3, -0.25) is 34.3 Å². The van der Waals surface area contributed by atoms with Crippen molar-refractivity contribution in [2.75, 3.05) is 31.1 Å². The number of hydrogen-bond acceptors (Lipinski definition) is 8. The Morgan fingerprint density at radius 2 is 1.78 bits per heavy atom. The number of nitrogens with one attached hydrogen (secondary N) is 1. The molecular formula is C22H22N6O4. The van der Waals surface area contributed by atoms with Gasteiger partial charge in [-0.05, 0) is 30.2 Å². The number of rotatable bonds is 4. The molecule has 1 aromatic heterocycles. The van der Waals surface area contributed by atoms with Crippen molar-refractivity contribution in [3.63, 3.8) is 0 Å². The van der Waals surface area contributed by atoms with E-state index in [2.05, 4.69) is 25.3 Å². The van der Waals surface area contributed by atoms with Gasteiger partial charge in [0.05, 0.1) is 11.1 Å². The molecule has 0 aliphatic carbocycles. The number of piperazine rings is 1. The van der Waals surface area contributed by atoms with E-state index < -0.39 is 23.8 Å². The SMILES string of the molecule is O=C1CCC(N2C(=O)c3cccc(CN4CCN(c5cccnn5)CC4)c3C2=O)C(=O)N1. The summed E-state index contributed by atoms with van der Waals surface area (Å²) >= 11 is 0. The van der Waals surface area contributed by atoms with Gasteiger partial charge >= 0.3 is 0 Å². The van der Waals surface area contributed by atoms with Crippen LogP contribution in [0, 0.1) is 0 Å². The predicted octanol–water partition coefficient (Wildman–Crippen LogP) is 0.200. The number of fused-ring (bicyclic) bond motifs is 1. The van der Waals surface area contributed by atoms with Crippen molar-refractivity contribution >= 4 is 29.4 Å². The molecule has 4 heterocycles. The van der Waals surface area contributed by atoms with Crippen LogP contribution in [0.3, 0.4) is 0 Å². The fraction of sp³-hybridized carbons (Fsp3) is 0.364. The van der Waals surface area contributed by atoms with Crippen LogP contribution in [-0.4, -0.2) is 75.8 Å². The number of piperidine rings is 1. The summed E-state index contributed by atoms with van der Waals surface area (Å²) in [5, 5.41) is 10.3. The number of carbonyl (C=O) groups excluding carboxylic acids is 4. The first kappa shape index (κ1) is 20.3. The van der Waals surface area contributed by atoms with Crippen molar-refractivity contribution in [2.45, 2.75) is 25.4 Å². The molecule has 0 bridgehead atoms. The number of carbonyl (C=O) groups is 4. The van der Waals surface area contributed by atoms with Crippen LogP contribution < -0.4 is 10.2 Å². The van der Waals surface area contributed by atoms with E-state index in [1.54, 1.807) is 18.3 Å². The predicted molar refractivity (Wildman–Crippen MR) is 113 cm³/mol. The first-order chi connectivity index (χ1) is 15.5. The lowest BCUT2D eigenvalue weighted by Crippen LogP contribution is -2.54. The van der Waals surface area contributed by atoms with E-state index in [4.69, 9.17) is 0 Å². The largest absolute Gasteiger partial charge is 0.353 e. The van der Waals surface area contributed by atoms with E-state index in [-0.39, 0.29) is 18.7 Å². The third-order valence-corrected chi connectivity index (χ3v) is 6.20. The van der Waals surface area contributed by atoms with E-state index >= 15 is 0 Å². The fourth-order valence-electron chi connectivity index (χ4n) is 4.55. The highest BCUT2D eigenvalue weighted by Crippen LogP contribution is 2.30. The highest BCUT2D eigenvalue weighted by molar-refractivity contribution is 6.24. The zero-order valence-electron chi connectivity index (χ0n) is 17.4. The summed E-state index contributed by atoms with van der Waals surface area (Å²) in [4.78, 5) is 55.4. The van der Waals surface area contributed by atoms with Crippen LogP contribution in [0.5, 0.6) is 0 Å². The Labute approximate surface area is 184 Å². The maximum Gasteiger partial charge on any atom is 0.262 e. The minimum absolute atomic E-state index is 0.104. The summed E-state index contributed by atoms with van der Waals surface area (Å²) in [6, 6.07) is 8.08. The summed E-state index contributed by atoms with van der Waals surface area (Å²) in [7, 11) is 0. The molecule has 4 amide bonds. The number of nitrogens with zero attached hydrogens (tertiary/aromatic N) is 5. The standard InChI is InChI=1S/C22H22N6O4/c29-18-7-6-16(20(30)24-18)28-21(31)15-4-1-3-14(19(15)22(28)32)13-26-9-11-27(12-10-26)17-5-2-8-23-25-17/h1-5,8,16H,6-7,9-13H2,(H,24,29,30). The van der Waals surface area contributed by atoms with Crippen LogP contribution in [0.15, 0.2) is 36.5 Å². The highest BCUT2D eigenvalue weighted by atomic mass is 16.2. The van der Waals surface area contributed by atoms with Gasteiger partial charge in [-0.1, -0.05) is 12.1 Å². The van der Waals surface area contributed by atoms with Crippen LogP contribution in [0.4, 0.5) is 5.82 Å². The van der Waals surface area contributed by atoms with E-state index in [0.29, 0.717) is 17.7 Å². The van der Waals surface area contributed by atoms with E-state index in [9.17, 15) is 19.2 Å². The molecule has 0 radical (unpaired) electrons. The quantitative estimate of drug-likeness (QED) is 0.679. The molecule has 0 spiro atoms. The average Bonchev–Trinajstić information content (AvgIpc) is 3.06. The Bertz CT molecular complexity index is 1100. The number of anilines is 1. The van der Waals surface area contributed by atoms with E-state index in [1.807, 2.05) is 18.2 Å². The monoisotopic (exact) mass is 434 g/mol. The Hall–Kier alpha value is -3.66. The lowest BCUT2D eigenvalue weighted by Gasteiger charge is -2.35. The molecule has 0 saturated carbocycles. The molecule has 164 valence electrons. The van der Waals surface area contributed by atoms with Crippen LogP contribution in [0.2, 0.25) is 0 Å². The summed E-state index contributed by atoms with van der Waals surface area (Å²) in [6.07, 6.45) is 1.90. The molecule has 1 atom stereocenters. The Morgan fingerprint density at radius 1 is 0.969 bits per heavy atom. The Morgan fingerprint density at radius 3 is 2.50 bits per heavy atom. The normalized spacial score (nSPS) is 21.7. The van der Waals surface area contributed by atoms with Crippen molar-refractivity contribution in [2.24, 2.45) is 0 Å². The van der Waals surface area contributed by atoms with Crippen molar-refractivity contribution < 1.29 is 19.2 Å². The third-order valence-electron chi connectivity index (χ3n) is 6.20. The van der Waals surface area contributed by atoms with Gasteiger partial charge < -0.3 is 4.90 Å². The van der Waals surface area contributed by atoms with Crippen LogP contribution in [0.25, 0.3) is 0 Å². The smallest absolute Gasteiger partial charge is 0.262 e. The lowest BCUT2D eigenvalue weighted by molar-refractivity contribution is -0.136. The summed E-state index contributed by atoms with van der Waals surface area (Å²) in [5.41, 5.74) is 1.44. The zero-order chi connectivity index (χ0) is 22.2. The number of benzene rings is 1. The number of hydrogen-bond donors (Lipinski definition) is 1. The zero-order valence-corrected chi connectivity index (χ0v) is 17.4. The maximum absolute atomic E-state index is 13.2. The van der Waals surface area contributed by atoms with E-state index in [1.165, 1.54) is 0 Å². The second-order valence-corrected chi connectivity index (χ2v) is 8.13. The molecule has 1 N–H and O–H groups in total. The molecule has 10 nitrogen and oxygen atoms in total. The molecular weight excluding hydrogens is 412 g/mol. The topological polar surface area (TPSA) is 116 Å². The fourth-order valence-corrected chi connectivity index (χ4v) is 4.55. The number of aromatic nitrogens is 2. The number of imide groups is 2. The van der Waals surface area contributed by atoms with Crippen molar-refractivity contribution in [1.29, 1.82) is 0 Å². The van der Waals surface area contributed by atoms with E-state index in [0.717, 1.165) is 42.5 Å². The van der Waals surface area contributed by atoms with Crippen LogP contribution in [-0.2, 0) is 16.1 Å². The van der Waals surface area contributed by atoms with Crippen molar-refractivity contribution in [1.82, 2.24) is 25.3 Å². The van der Waals surface area contributed by atoms with Crippen molar-refractivity contribution in [3.8, 4) is 0 Å². The summed E-state index contributed by atoms with van der Waals surface area (Å²) in [5.74, 6) is -1.09. The molecule has 3 aliphatic rings. The minimum Gasteiger partial charge on any atom is -0.353 e. The first-order valence-electron chi connectivity index (χ1n) is 10.6. The lowest BCUT2D eigenvalue weighted by atomic mass is 10.0. The molecule has 5 rings (SSSR count). The Kier molecular flexibility index (Phi) is 5.14. The van der Waals surface area contributed by atoms with Gasteiger partial charge in [0.1, 0.15) is 6.04 Å². The summed E-state index contributed by atoms with van der Waals surface area (Å²) < 4.78 is 0. The second kappa shape index (κ2) is 8.12. The summed E-state index contributed by atoms with van der Waals surface area (Å²) in [6.45, 7) is 3.64. The van der Waals surface area contributed by atoms with Gasteiger partial charge in [-0.2, -0.15) is 5.10 Å². The van der Waals surface area contributed by atoms with Crippen LogP contribution >= 0.6 is 0 Å². The van der Waals surface area contributed by atoms with Crippen molar-refractivity contribution in [3.05, 3.63) is 53.2 Å². The number of amides is 4. The molecule has 1 unspecified atom stereocenters. The van der Waals surface area contributed by atoms with Gasteiger partial charge in [0.25, 0.3) is 11.8 Å². The van der Waals surface area contributed by atoms with Gasteiger partial charge in [0, 0.05) is 45.3 Å². The first-order valence-corrected chi connectivity index (χ1v) is 10.6. The highest BCUT2D eigenvalue weighted by Gasteiger charge is 2.45. The molecule has 32 heavy (non-hydrogen) atoms. The van der Waals surface area contributed by atoms with Crippen LogP contribution in [0.1, 0.15) is 39.1 Å². The van der Waals surface area contributed by atoms with Gasteiger partial charge in [0.15, 0.2) is 5.82 Å².